The maximum absolute atomic E-state index is 4.32. The first-order valence-electron chi connectivity index (χ1n) is 11.9. The summed E-state index contributed by atoms with van der Waals surface area (Å²) in [5.74, 6) is 0. The molecule has 0 radical (unpaired) electrons. The Hall–Kier alpha value is -4.27. The molecule has 8 aromatic rings. The van der Waals surface area contributed by atoms with Crippen molar-refractivity contribution >= 4 is 74.6 Å². The maximum atomic E-state index is 4.32. The van der Waals surface area contributed by atoms with E-state index in [4.69, 9.17) is 0 Å². The molecule has 2 aromatic heterocycles. The summed E-state index contributed by atoms with van der Waals surface area (Å²) in [6.07, 6.45) is 3.83. The van der Waals surface area contributed by atoms with Crippen molar-refractivity contribution in [2.75, 3.05) is 0 Å². The third-order valence-corrected chi connectivity index (χ3v) is 8.51. The van der Waals surface area contributed by atoms with Gasteiger partial charge in [0.15, 0.2) is 0 Å². The number of benzene rings is 6. The van der Waals surface area contributed by atoms with Crippen molar-refractivity contribution in [2.24, 2.45) is 0 Å². The molecule has 2 heterocycles. The third-order valence-electron chi connectivity index (χ3n) is 7.31. The molecule has 162 valence electrons. The van der Waals surface area contributed by atoms with Crippen molar-refractivity contribution in [2.45, 2.75) is 0 Å². The van der Waals surface area contributed by atoms with E-state index < -0.39 is 0 Å². The molecule has 0 unspecified atom stereocenters. The average Bonchev–Trinajstić information content (AvgIpc) is 3.29. The minimum absolute atomic E-state index is 1.19. The van der Waals surface area contributed by atoms with E-state index in [2.05, 4.69) is 108 Å². The third kappa shape index (κ3) is 2.72. The molecule has 0 aliphatic carbocycles. The van der Waals surface area contributed by atoms with E-state index in [-0.39, 0.29) is 0 Å². The van der Waals surface area contributed by atoms with Crippen molar-refractivity contribution < 1.29 is 0 Å². The molecule has 0 aliphatic heterocycles. The topological polar surface area (TPSA) is 12.9 Å². The summed E-state index contributed by atoms with van der Waals surface area (Å²) in [7, 11) is 0. The highest BCUT2D eigenvalue weighted by Crippen LogP contribution is 2.43. The predicted molar refractivity (Wildman–Crippen MR) is 153 cm³/mol. The molecule has 1 nitrogen and oxygen atoms in total. The Balaban J connectivity index is 1.45. The number of rotatable bonds is 1. The molecule has 0 amide bonds. The van der Waals surface area contributed by atoms with E-state index in [1.807, 2.05) is 23.7 Å². The first-order chi connectivity index (χ1) is 17.3. The zero-order valence-electron chi connectivity index (χ0n) is 18.8. The lowest BCUT2D eigenvalue weighted by Gasteiger charge is -2.12. The molecule has 0 aliphatic rings. The van der Waals surface area contributed by atoms with Gasteiger partial charge in [0.2, 0.25) is 0 Å². The molecule has 35 heavy (non-hydrogen) atoms. The van der Waals surface area contributed by atoms with Gasteiger partial charge in [-0.1, -0.05) is 78.9 Å². The van der Waals surface area contributed by atoms with Gasteiger partial charge < -0.3 is 0 Å². The van der Waals surface area contributed by atoms with Crippen LogP contribution >= 0.6 is 11.3 Å². The largest absolute Gasteiger partial charge is 0.264 e. The second kappa shape index (κ2) is 7.11. The van der Waals surface area contributed by atoms with Crippen LogP contribution in [0.2, 0.25) is 0 Å². The number of pyridine rings is 1. The van der Waals surface area contributed by atoms with Gasteiger partial charge in [-0.15, -0.1) is 11.3 Å². The molecule has 0 fully saturated rings. The molecule has 0 N–H and O–H groups in total. The number of thiophene rings is 1. The van der Waals surface area contributed by atoms with Gasteiger partial charge in [0.25, 0.3) is 0 Å². The number of fused-ring (bicyclic) bond motifs is 10. The molecule has 8 rings (SSSR count). The van der Waals surface area contributed by atoms with Gasteiger partial charge in [0, 0.05) is 38.0 Å². The summed E-state index contributed by atoms with van der Waals surface area (Å²) in [5, 5.41) is 13.0. The van der Waals surface area contributed by atoms with Crippen LogP contribution in [0.5, 0.6) is 0 Å². The number of hydrogen-bond acceptors (Lipinski definition) is 2. The van der Waals surface area contributed by atoms with Crippen LogP contribution in [-0.2, 0) is 0 Å². The summed E-state index contributed by atoms with van der Waals surface area (Å²) >= 11 is 1.88. The van der Waals surface area contributed by atoms with Crippen LogP contribution in [0, 0.1) is 0 Å². The lowest BCUT2D eigenvalue weighted by atomic mass is 9.92. The molecule has 6 aromatic carbocycles. The summed E-state index contributed by atoms with van der Waals surface area (Å²) in [4.78, 5) is 4.32. The predicted octanol–water partition coefficient (Wildman–Crippen LogP) is 9.73. The fourth-order valence-corrected chi connectivity index (χ4v) is 6.95. The molecule has 0 saturated carbocycles. The highest BCUT2D eigenvalue weighted by molar-refractivity contribution is 7.26. The molecule has 2 heteroatoms. The number of hydrogen-bond donors (Lipinski definition) is 0. The normalized spacial score (nSPS) is 12.0. The Kier molecular flexibility index (Phi) is 3.88. The quantitative estimate of drug-likeness (QED) is 0.222. The minimum atomic E-state index is 1.19. The van der Waals surface area contributed by atoms with Crippen molar-refractivity contribution in [1.29, 1.82) is 0 Å². The van der Waals surface area contributed by atoms with Crippen molar-refractivity contribution in [3.8, 4) is 11.1 Å². The van der Waals surface area contributed by atoms with E-state index in [1.165, 1.54) is 74.4 Å². The Morgan fingerprint density at radius 1 is 0.486 bits per heavy atom. The first-order valence-corrected chi connectivity index (χ1v) is 12.7. The standard InChI is InChI=1S/C33H19NS/c1-2-8-26-24(6-1)25-7-3-4-9-27(25)30-17-21(12-13-28(26)30)23-10-5-11-29-31-16-20-14-15-34-19-22(20)18-32(31)35-33(23)29/h1-19H. The fraction of sp³-hybridized carbons (Fsp3) is 0. The summed E-state index contributed by atoms with van der Waals surface area (Å²) < 4.78 is 2.65. The molecule has 0 spiro atoms. The van der Waals surface area contributed by atoms with E-state index in [0.29, 0.717) is 0 Å². The zero-order chi connectivity index (χ0) is 22.9. The average molecular weight is 462 g/mol. The van der Waals surface area contributed by atoms with Crippen LogP contribution in [0.15, 0.2) is 116 Å². The Labute approximate surface area is 205 Å². The summed E-state index contributed by atoms with van der Waals surface area (Å²) in [6.45, 7) is 0. The highest BCUT2D eigenvalue weighted by Gasteiger charge is 2.14. The van der Waals surface area contributed by atoms with Gasteiger partial charge >= 0.3 is 0 Å². The highest BCUT2D eigenvalue weighted by atomic mass is 32.1. The first kappa shape index (κ1) is 19.1. The lowest BCUT2D eigenvalue weighted by Crippen LogP contribution is -1.85. The van der Waals surface area contributed by atoms with Crippen LogP contribution in [-0.4, -0.2) is 4.98 Å². The van der Waals surface area contributed by atoms with Crippen LogP contribution in [0.3, 0.4) is 0 Å². The fourth-order valence-electron chi connectivity index (χ4n) is 5.68. The lowest BCUT2D eigenvalue weighted by molar-refractivity contribution is 1.37. The summed E-state index contributed by atoms with van der Waals surface area (Å²) in [6, 6.07) is 38.0. The Bertz CT molecular complexity index is 2080. The number of nitrogens with zero attached hydrogens (tertiary/aromatic N) is 1. The van der Waals surface area contributed by atoms with Crippen LogP contribution in [0.25, 0.3) is 74.4 Å². The SMILES string of the molecule is c1cc(-c2ccc3c4ccccc4c4ccccc4c3c2)c2sc3cc4cnccc4cc3c2c1. The Morgan fingerprint density at radius 2 is 1.17 bits per heavy atom. The van der Waals surface area contributed by atoms with E-state index in [0.717, 1.165) is 0 Å². The number of aromatic nitrogens is 1. The Morgan fingerprint density at radius 3 is 1.94 bits per heavy atom. The second-order valence-corrected chi connectivity index (χ2v) is 10.3. The van der Waals surface area contributed by atoms with Crippen molar-refractivity contribution in [3.05, 3.63) is 116 Å². The zero-order valence-corrected chi connectivity index (χ0v) is 19.6. The van der Waals surface area contributed by atoms with Gasteiger partial charge in [0.1, 0.15) is 0 Å². The molecule has 0 saturated heterocycles. The van der Waals surface area contributed by atoms with Gasteiger partial charge in [-0.2, -0.15) is 0 Å². The molecular weight excluding hydrogens is 442 g/mol. The van der Waals surface area contributed by atoms with E-state index in [9.17, 15) is 0 Å². The van der Waals surface area contributed by atoms with Crippen molar-refractivity contribution in [3.63, 3.8) is 0 Å². The smallest absolute Gasteiger partial charge is 0.0433 e. The van der Waals surface area contributed by atoms with Gasteiger partial charge in [-0.05, 0) is 73.1 Å². The monoisotopic (exact) mass is 461 g/mol. The van der Waals surface area contributed by atoms with Crippen LogP contribution in [0.1, 0.15) is 0 Å². The second-order valence-electron chi connectivity index (χ2n) is 9.21. The molecular formula is C33H19NS. The summed E-state index contributed by atoms with van der Waals surface area (Å²) in [5.41, 5.74) is 2.56. The van der Waals surface area contributed by atoms with E-state index in [1.54, 1.807) is 0 Å². The maximum Gasteiger partial charge on any atom is 0.0433 e. The van der Waals surface area contributed by atoms with Gasteiger partial charge in [0.05, 0.1) is 0 Å². The van der Waals surface area contributed by atoms with Gasteiger partial charge in [-0.25, -0.2) is 0 Å². The van der Waals surface area contributed by atoms with Crippen LogP contribution in [0.4, 0.5) is 0 Å². The van der Waals surface area contributed by atoms with Crippen molar-refractivity contribution in [1.82, 2.24) is 4.98 Å². The van der Waals surface area contributed by atoms with Crippen LogP contribution < -0.4 is 0 Å². The molecule has 0 bridgehead atoms. The molecule has 0 atom stereocenters. The minimum Gasteiger partial charge on any atom is -0.264 e. The van der Waals surface area contributed by atoms with E-state index >= 15 is 0 Å². The van der Waals surface area contributed by atoms with Gasteiger partial charge in [-0.3, -0.25) is 4.98 Å².